The summed E-state index contributed by atoms with van der Waals surface area (Å²) in [4.78, 5) is 12.1. The van der Waals surface area contributed by atoms with Gasteiger partial charge in [-0.3, -0.25) is 4.98 Å². The van der Waals surface area contributed by atoms with Gasteiger partial charge in [-0.1, -0.05) is 20.8 Å². The van der Waals surface area contributed by atoms with Crippen LogP contribution >= 0.6 is 0 Å². The molecule has 1 aliphatic carbocycles. The van der Waals surface area contributed by atoms with Crippen LogP contribution in [-0.4, -0.2) is 22.6 Å². The summed E-state index contributed by atoms with van der Waals surface area (Å²) in [7, 11) is 0. The van der Waals surface area contributed by atoms with E-state index in [1.165, 1.54) is 30.8 Å². The molecule has 18 heavy (non-hydrogen) atoms. The Labute approximate surface area is 110 Å². The second-order valence-corrected chi connectivity index (χ2v) is 6.27. The Morgan fingerprint density at radius 1 is 1.33 bits per heavy atom. The highest BCUT2D eigenvalue weighted by Gasteiger charge is 2.32. The van der Waals surface area contributed by atoms with Crippen LogP contribution in [-0.2, 0) is 6.42 Å². The molecule has 0 spiro atoms. The third-order valence-electron chi connectivity index (χ3n) is 4.27. The predicted octanol–water partition coefficient (Wildman–Crippen LogP) is 3.15. The molecule has 0 saturated heterocycles. The van der Waals surface area contributed by atoms with Crippen LogP contribution in [0.25, 0.3) is 0 Å². The molecule has 2 aliphatic rings. The fourth-order valence-electron chi connectivity index (χ4n) is 2.93. The number of aromatic nitrogens is 2. The summed E-state index contributed by atoms with van der Waals surface area (Å²) >= 11 is 0. The summed E-state index contributed by atoms with van der Waals surface area (Å²) in [5.74, 6) is 2.34. The molecule has 1 atom stereocenters. The molecule has 2 heterocycles. The molecule has 1 aromatic rings. The summed E-state index contributed by atoms with van der Waals surface area (Å²) in [6, 6.07) is 0.727. The topological polar surface area (TPSA) is 29.0 Å². The van der Waals surface area contributed by atoms with Crippen molar-refractivity contribution < 1.29 is 0 Å². The third kappa shape index (κ3) is 2.00. The number of anilines is 1. The van der Waals surface area contributed by atoms with Crippen molar-refractivity contribution >= 4 is 5.82 Å². The van der Waals surface area contributed by atoms with Crippen LogP contribution < -0.4 is 4.90 Å². The number of rotatable bonds is 2. The van der Waals surface area contributed by atoms with E-state index in [0.29, 0.717) is 11.8 Å². The molecule has 1 saturated carbocycles. The first kappa shape index (κ1) is 11.9. The van der Waals surface area contributed by atoms with Gasteiger partial charge in [-0.2, -0.15) is 0 Å². The second kappa shape index (κ2) is 4.52. The maximum Gasteiger partial charge on any atom is 0.150 e. The SMILES string of the molecule is CC(C)c1cnc2c(n1)C[C@@H](C)CN2C1CCC1. The standard InChI is InChI=1S/C15H23N3/c1-10(2)14-8-16-15-13(17-14)7-11(3)9-18(15)12-5-4-6-12/h8,10-12H,4-7,9H2,1-3H3/t11-/m1/s1. The van der Waals surface area contributed by atoms with Crippen LogP contribution in [0.2, 0.25) is 0 Å². The van der Waals surface area contributed by atoms with Gasteiger partial charge in [0.15, 0.2) is 5.82 Å². The zero-order valence-corrected chi connectivity index (χ0v) is 11.7. The van der Waals surface area contributed by atoms with Crippen molar-refractivity contribution in [2.24, 2.45) is 5.92 Å². The van der Waals surface area contributed by atoms with E-state index >= 15 is 0 Å². The van der Waals surface area contributed by atoms with Crippen molar-refractivity contribution in [1.82, 2.24) is 9.97 Å². The van der Waals surface area contributed by atoms with Gasteiger partial charge in [-0.25, -0.2) is 4.98 Å². The van der Waals surface area contributed by atoms with E-state index in [1.807, 2.05) is 6.20 Å². The minimum absolute atomic E-state index is 0.470. The minimum Gasteiger partial charge on any atom is -0.352 e. The van der Waals surface area contributed by atoms with E-state index in [0.717, 1.165) is 24.7 Å². The van der Waals surface area contributed by atoms with Gasteiger partial charge in [-0.05, 0) is 37.5 Å². The Morgan fingerprint density at radius 3 is 2.72 bits per heavy atom. The number of nitrogens with zero attached hydrogens (tertiary/aromatic N) is 3. The highest BCUT2D eigenvalue weighted by Crippen LogP contribution is 2.35. The van der Waals surface area contributed by atoms with Gasteiger partial charge in [0.05, 0.1) is 17.6 Å². The van der Waals surface area contributed by atoms with Crippen molar-refractivity contribution in [3.63, 3.8) is 0 Å². The Balaban J connectivity index is 1.95. The van der Waals surface area contributed by atoms with Crippen molar-refractivity contribution in [2.75, 3.05) is 11.4 Å². The maximum atomic E-state index is 4.85. The number of fused-ring (bicyclic) bond motifs is 1. The molecule has 1 aromatic heterocycles. The first-order chi connectivity index (χ1) is 8.65. The number of hydrogen-bond donors (Lipinski definition) is 0. The lowest BCUT2D eigenvalue weighted by molar-refractivity contribution is 0.354. The van der Waals surface area contributed by atoms with Crippen LogP contribution in [0.5, 0.6) is 0 Å². The molecule has 0 radical (unpaired) electrons. The van der Waals surface area contributed by atoms with Crippen LogP contribution in [0.1, 0.15) is 57.3 Å². The van der Waals surface area contributed by atoms with Gasteiger partial charge < -0.3 is 4.90 Å². The minimum atomic E-state index is 0.470. The Kier molecular flexibility index (Phi) is 3.00. The van der Waals surface area contributed by atoms with E-state index in [-0.39, 0.29) is 0 Å². The summed E-state index contributed by atoms with van der Waals surface area (Å²) in [5, 5.41) is 0. The average molecular weight is 245 g/mol. The van der Waals surface area contributed by atoms with E-state index in [2.05, 4.69) is 25.7 Å². The van der Waals surface area contributed by atoms with Gasteiger partial charge in [0, 0.05) is 12.6 Å². The lowest BCUT2D eigenvalue weighted by atomic mass is 9.88. The third-order valence-corrected chi connectivity index (χ3v) is 4.27. The van der Waals surface area contributed by atoms with Crippen LogP contribution in [0.4, 0.5) is 5.82 Å². The van der Waals surface area contributed by atoms with Gasteiger partial charge in [0.25, 0.3) is 0 Å². The quantitative estimate of drug-likeness (QED) is 0.801. The lowest BCUT2D eigenvalue weighted by Crippen LogP contribution is -2.46. The van der Waals surface area contributed by atoms with Crippen LogP contribution in [0.15, 0.2) is 6.20 Å². The van der Waals surface area contributed by atoms with Crippen molar-refractivity contribution in [3.8, 4) is 0 Å². The monoisotopic (exact) mass is 245 g/mol. The first-order valence-electron chi connectivity index (χ1n) is 7.27. The maximum absolute atomic E-state index is 4.85. The molecule has 0 amide bonds. The smallest absolute Gasteiger partial charge is 0.150 e. The Bertz CT molecular complexity index is 437. The first-order valence-corrected chi connectivity index (χ1v) is 7.27. The van der Waals surface area contributed by atoms with Crippen molar-refractivity contribution in [3.05, 3.63) is 17.6 Å². The summed E-state index contributed by atoms with van der Waals surface area (Å²) in [6.07, 6.45) is 7.11. The van der Waals surface area contributed by atoms with E-state index in [4.69, 9.17) is 9.97 Å². The van der Waals surface area contributed by atoms with Crippen LogP contribution in [0.3, 0.4) is 0 Å². The molecular formula is C15H23N3. The fraction of sp³-hybridized carbons (Fsp3) is 0.733. The second-order valence-electron chi connectivity index (χ2n) is 6.27. The molecule has 0 aromatic carbocycles. The van der Waals surface area contributed by atoms with E-state index in [1.54, 1.807) is 0 Å². The highest BCUT2D eigenvalue weighted by atomic mass is 15.2. The molecule has 0 bridgehead atoms. The molecule has 3 heteroatoms. The highest BCUT2D eigenvalue weighted by molar-refractivity contribution is 5.48. The number of hydrogen-bond acceptors (Lipinski definition) is 3. The molecule has 3 nitrogen and oxygen atoms in total. The van der Waals surface area contributed by atoms with Crippen molar-refractivity contribution in [1.29, 1.82) is 0 Å². The molecule has 3 rings (SSSR count). The average Bonchev–Trinajstić information content (AvgIpc) is 2.25. The Morgan fingerprint density at radius 2 is 2.11 bits per heavy atom. The zero-order valence-electron chi connectivity index (χ0n) is 11.7. The molecule has 1 aliphatic heterocycles. The Hall–Kier alpha value is -1.12. The van der Waals surface area contributed by atoms with E-state index in [9.17, 15) is 0 Å². The fourth-order valence-corrected chi connectivity index (χ4v) is 2.93. The zero-order chi connectivity index (χ0) is 12.7. The predicted molar refractivity (Wildman–Crippen MR) is 74.0 cm³/mol. The molecular weight excluding hydrogens is 222 g/mol. The van der Waals surface area contributed by atoms with E-state index < -0.39 is 0 Å². The molecule has 0 N–H and O–H groups in total. The lowest BCUT2D eigenvalue weighted by Gasteiger charge is -2.43. The largest absolute Gasteiger partial charge is 0.352 e. The summed E-state index contributed by atoms with van der Waals surface area (Å²) < 4.78 is 0. The van der Waals surface area contributed by atoms with Gasteiger partial charge in [0.1, 0.15) is 0 Å². The molecule has 0 unspecified atom stereocenters. The normalized spacial score (nSPS) is 24.0. The summed E-state index contributed by atoms with van der Waals surface area (Å²) in [6.45, 7) is 7.87. The molecule has 1 fully saturated rings. The van der Waals surface area contributed by atoms with Crippen molar-refractivity contribution in [2.45, 2.75) is 58.4 Å². The van der Waals surface area contributed by atoms with Gasteiger partial charge >= 0.3 is 0 Å². The summed E-state index contributed by atoms with van der Waals surface area (Å²) in [5.41, 5.74) is 2.36. The van der Waals surface area contributed by atoms with Gasteiger partial charge in [-0.15, -0.1) is 0 Å². The molecule has 98 valence electrons. The van der Waals surface area contributed by atoms with Gasteiger partial charge in [0.2, 0.25) is 0 Å². The van der Waals surface area contributed by atoms with Crippen LogP contribution in [0, 0.1) is 5.92 Å².